The van der Waals surface area contributed by atoms with Crippen LogP contribution in [0.15, 0.2) is 97.1 Å². The van der Waals surface area contributed by atoms with Crippen LogP contribution in [0.25, 0.3) is 11.1 Å². The predicted octanol–water partition coefficient (Wildman–Crippen LogP) is 6.43. The van der Waals surface area contributed by atoms with Crippen LogP contribution in [0.2, 0.25) is 0 Å². The van der Waals surface area contributed by atoms with Crippen LogP contribution >= 0.6 is 0 Å². The fourth-order valence-electron chi connectivity index (χ4n) is 3.28. The first-order valence-corrected chi connectivity index (χ1v) is 11.3. The molecule has 0 unspecified atom stereocenters. The SMILES string of the molecule is COCc1ccc(C(=O)Oc2ccc(OC)cc2)cc1.COc1ccc(-c2ccc(OC)cc2)cc1. The fraction of sp³-hybridized carbons (Fsp3) is 0.167. The van der Waals surface area contributed by atoms with Crippen LogP contribution in [-0.4, -0.2) is 34.4 Å². The molecule has 186 valence electrons. The van der Waals surface area contributed by atoms with Crippen molar-refractivity contribution >= 4 is 5.97 Å². The normalized spacial score (nSPS) is 10.0. The van der Waals surface area contributed by atoms with Crippen LogP contribution in [0, 0.1) is 0 Å². The lowest BCUT2D eigenvalue weighted by atomic mass is 10.1. The zero-order valence-corrected chi connectivity index (χ0v) is 20.9. The Morgan fingerprint density at radius 3 is 1.31 bits per heavy atom. The average Bonchev–Trinajstić information content (AvgIpc) is 2.94. The molecule has 4 rings (SSSR count). The molecule has 6 heteroatoms. The number of esters is 1. The number of carbonyl (C=O) groups is 1. The van der Waals surface area contributed by atoms with Crippen LogP contribution in [0.1, 0.15) is 15.9 Å². The van der Waals surface area contributed by atoms with Gasteiger partial charge in [0.05, 0.1) is 33.5 Å². The second kappa shape index (κ2) is 13.6. The van der Waals surface area contributed by atoms with Gasteiger partial charge < -0.3 is 23.7 Å². The zero-order chi connectivity index (χ0) is 25.8. The van der Waals surface area contributed by atoms with Crippen LogP contribution in [0.3, 0.4) is 0 Å². The standard InChI is InChI=1S/C16H16O4.C14H14O2/c1-18-11-12-3-5-13(6-4-12)16(17)20-15-9-7-14(19-2)8-10-15;1-15-13-7-3-11(4-8-13)12-5-9-14(16-2)10-6-12/h3-10H,11H2,1-2H3;3-10H,1-2H3. The minimum Gasteiger partial charge on any atom is -0.497 e. The van der Waals surface area contributed by atoms with Crippen molar-refractivity contribution in [1.29, 1.82) is 0 Å². The summed E-state index contributed by atoms with van der Waals surface area (Å²) in [6.07, 6.45) is 0. The lowest BCUT2D eigenvalue weighted by Crippen LogP contribution is -2.08. The Labute approximate surface area is 212 Å². The molecule has 0 radical (unpaired) electrons. The quantitative estimate of drug-likeness (QED) is 0.211. The molecule has 0 aliphatic heterocycles. The van der Waals surface area contributed by atoms with Gasteiger partial charge in [0.15, 0.2) is 0 Å². The highest BCUT2D eigenvalue weighted by Crippen LogP contribution is 2.24. The van der Waals surface area contributed by atoms with Crippen molar-refractivity contribution < 1.29 is 28.5 Å². The lowest BCUT2D eigenvalue weighted by molar-refractivity contribution is 0.0734. The second-order valence-corrected chi connectivity index (χ2v) is 7.65. The van der Waals surface area contributed by atoms with E-state index in [1.807, 2.05) is 60.7 Å². The van der Waals surface area contributed by atoms with Crippen LogP contribution < -0.4 is 18.9 Å². The van der Waals surface area contributed by atoms with Gasteiger partial charge in [-0.15, -0.1) is 0 Å². The highest BCUT2D eigenvalue weighted by atomic mass is 16.5. The summed E-state index contributed by atoms with van der Waals surface area (Å²) >= 11 is 0. The molecular formula is C30H30O6. The summed E-state index contributed by atoms with van der Waals surface area (Å²) < 4.78 is 25.6. The molecular weight excluding hydrogens is 456 g/mol. The highest BCUT2D eigenvalue weighted by molar-refractivity contribution is 5.91. The average molecular weight is 487 g/mol. The van der Waals surface area contributed by atoms with Gasteiger partial charge in [-0.1, -0.05) is 36.4 Å². The maximum absolute atomic E-state index is 12.0. The Hall–Kier alpha value is -4.29. The first-order chi connectivity index (χ1) is 17.6. The van der Waals surface area contributed by atoms with Crippen molar-refractivity contribution in [2.45, 2.75) is 6.61 Å². The third-order valence-corrected chi connectivity index (χ3v) is 5.28. The molecule has 0 amide bonds. The highest BCUT2D eigenvalue weighted by Gasteiger charge is 2.08. The summed E-state index contributed by atoms with van der Waals surface area (Å²) in [5, 5.41) is 0. The molecule has 0 heterocycles. The summed E-state index contributed by atoms with van der Waals surface area (Å²) in [4.78, 5) is 12.0. The van der Waals surface area contributed by atoms with Gasteiger partial charge in [0.2, 0.25) is 0 Å². The van der Waals surface area contributed by atoms with Gasteiger partial charge in [-0.2, -0.15) is 0 Å². The third kappa shape index (κ3) is 7.61. The smallest absolute Gasteiger partial charge is 0.343 e. The molecule has 0 N–H and O–H groups in total. The molecule has 4 aromatic rings. The minimum absolute atomic E-state index is 0.390. The van der Waals surface area contributed by atoms with Crippen molar-refractivity contribution in [1.82, 2.24) is 0 Å². The summed E-state index contributed by atoms with van der Waals surface area (Å²) in [6, 6.07) is 30.0. The summed E-state index contributed by atoms with van der Waals surface area (Å²) in [5.41, 5.74) is 3.85. The van der Waals surface area contributed by atoms with Crippen molar-refractivity contribution in [3.8, 4) is 34.1 Å². The van der Waals surface area contributed by atoms with E-state index in [0.717, 1.165) is 17.1 Å². The number of methoxy groups -OCH3 is 4. The molecule has 4 aromatic carbocycles. The molecule has 0 fully saturated rings. The van der Waals surface area contributed by atoms with E-state index >= 15 is 0 Å². The number of ether oxygens (including phenoxy) is 5. The summed E-state index contributed by atoms with van der Waals surface area (Å²) in [6.45, 7) is 0.522. The fourth-order valence-corrected chi connectivity index (χ4v) is 3.28. The Balaban J connectivity index is 0.000000205. The Kier molecular flexibility index (Phi) is 9.91. The van der Waals surface area contributed by atoms with E-state index in [1.165, 1.54) is 11.1 Å². The molecule has 6 nitrogen and oxygen atoms in total. The molecule has 0 spiro atoms. The Morgan fingerprint density at radius 2 is 0.917 bits per heavy atom. The number of hydrogen-bond donors (Lipinski definition) is 0. The monoisotopic (exact) mass is 486 g/mol. The van der Waals surface area contributed by atoms with Crippen molar-refractivity contribution in [2.75, 3.05) is 28.4 Å². The molecule has 0 saturated carbocycles. The van der Waals surface area contributed by atoms with Crippen LogP contribution in [-0.2, 0) is 11.3 Å². The molecule has 0 atom stereocenters. The minimum atomic E-state index is -0.390. The van der Waals surface area contributed by atoms with Crippen LogP contribution in [0.5, 0.6) is 23.0 Å². The first-order valence-electron chi connectivity index (χ1n) is 11.3. The number of benzene rings is 4. The van der Waals surface area contributed by atoms with E-state index in [1.54, 1.807) is 64.8 Å². The van der Waals surface area contributed by atoms with E-state index in [2.05, 4.69) is 0 Å². The summed E-state index contributed by atoms with van der Waals surface area (Å²) in [7, 11) is 6.55. The number of rotatable bonds is 8. The van der Waals surface area contributed by atoms with Gasteiger partial charge in [0.25, 0.3) is 0 Å². The molecule has 0 aliphatic rings. The maximum Gasteiger partial charge on any atom is 0.343 e. The third-order valence-electron chi connectivity index (χ3n) is 5.28. The van der Waals surface area contributed by atoms with Crippen molar-refractivity contribution in [3.05, 3.63) is 108 Å². The number of hydrogen-bond acceptors (Lipinski definition) is 6. The molecule has 0 aliphatic carbocycles. The van der Waals surface area contributed by atoms with Gasteiger partial charge in [-0.25, -0.2) is 4.79 Å². The van der Waals surface area contributed by atoms with Crippen LogP contribution in [0.4, 0.5) is 0 Å². The molecule has 0 saturated heterocycles. The van der Waals surface area contributed by atoms with E-state index in [4.69, 9.17) is 23.7 Å². The van der Waals surface area contributed by atoms with E-state index in [0.29, 0.717) is 23.7 Å². The molecule has 36 heavy (non-hydrogen) atoms. The summed E-state index contributed by atoms with van der Waals surface area (Å²) in [5.74, 6) is 2.55. The van der Waals surface area contributed by atoms with Gasteiger partial charge >= 0.3 is 5.97 Å². The lowest BCUT2D eigenvalue weighted by Gasteiger charge is -2.06. The molecule has 0 bridgehead atoms. The van der Waals surface area contributed by atoms with Gasteiger partial charge in [-0.05, 0) is 77.4 Å². The number of carbonyl (C=O) groups excluding carboxylic acids is 1. The zero-order valence-electron chi connectivity index (χ0n) is 20.9. The van der Waals surface area contributed by atoms with Crippen molar-refractivity contribution in [3.63, 3.8) is 0 Å². The Bertz CT molecular complexity index is 1150. The largest absolute Gasteiger partial charge is 0.497 e. The van der Waals surface area contributed by atoms with Gasteiger partial charge in [-0.3, -0.25) is 0 Å². The van der Waals surface area contributed by atoms with E-state index in [9.17, 15) is 4.79 Å². The molecule has 0 aromatic heterocycles. The second-order valence-electron chi connectivity index (χ2n) is 7.65. The first kappa shape index (κ1) is 26.3. The maximum atomic E-state index is 12.0. The Morgan fingerprint density at radius 1 is 0.528 bits per heavy atom. The van der Waals surface area contributed by atoms with E-state index in [-0.39, 0.29) is 5.97 Å². The topological polar surface area (TPSA) is 63.2 Å². The van der Waals surface area contributed by atoms with Gasteiger partial charge in [0, 0.05) is 7.11 Å². The van der Waals surface area contributed by atoms with Crippen molar-refractivity contribution in [2.24, 2.45) is 0 Å². The van der Waals surface area contributed by atoms with Gasteiger partial charge in [0.1, 0.15) is 23.0 Å². The predicted molar refractivity (Wildman–Crippen MR) is 140 cm³/mol. The van der Waals surface area contributed by atoms with E-state index < -0.39 is 0 Å².